The summed E-state index contributed by atoms with van der Waals surface area (Å²) in [6, 6.07) is 5.73. The fraction of sp³-hybridized carbons (Fsp3) is 0.111. The highest BCUT2D eigenvalue weighted by Crippen LogP contribution is 2.22. The number of rotatable bonds is 5. The topological polar surface area (TPSA) is 75.6 Å². The molecule has 80 valence electrons. The summed E-state index contributed by atoms with van der Waals surface area (Å²) in [4.78, 5) is 10.3. The Morgan fingerprint density at radius 3 is 2.67 bits per heavy atom. The van der Waals surface area contributed by atoms with E-state index in [1.54, 1.807) is 6.07 Å². The molecule has 6 heteroatoms. The van der Waals surface area contributed by atoms with Gasteiger partial charge < -0.3 is 0 Å². The third-order valence-electron chi connectivity index (χ3n) is 1.67. The van der Waals surface area contributed by atoms with Gasteiger partial charge in [0.15, 0.2) is 0 Å². The van der Waals surface area contributed by atoms with Crippen molar-refractivity contribution in [2.45, 2.75) is 4.90 Å². The molecule has 1 aromatic rings. The van der Waals surface area contributed by atoms with Gasteiger partial charge in [-0.2, -0.15) is 0 Å². The smallest absolute Gasteiger partial charge is 0.207 e. The van der Waals surface area contributed by atoms with Gasteiger partial charge in [-0.3, -0.25) is 0 Å². The van der Waals surface area contributed by atoms with Crippen molar-refractivity contribution in [3.63, 3.8) is 0 Å². The van der Waals surface area contributed by atoms with Gasteiger partial charge in [-0.25, -0.2) is 13.1 Å². The van der Waals surface area contributed by atoms with E-state index >= 15 is 0 Å². The second kappa shape index (κ2) is 4.81. The highest BCUT2D eigenvalue weighted by atomic mass is 32.2. The van der Waals surface area contributed by atoms with Crippen LogP contribution in [0.2, 0.25) is 0 Å². The Balaban J connectivity index is 3.14. The molecule has 0 saturated carbocycles. The number of benzene rings is 1. The zero-order valence-corrected chi connectivity index (χ0v) is 8.70. The molecule has 0 bridgehead atoms. The fourth-order valence-electron chi connectivity index (χ4n) is 1.01. The number of nitrogens with zero attached hydrogens (tertiary/aromatic N) is 1. The van der Waals surface area contributed by atoms with Crippen LogP contribution in [0, 0.1) is 4.91 Å². The Morgan fingerprint density at radius 2 is 2.07 bits per heavy atom. The van der Waals surface area contributed by atoms with Crippen LogP contribution < -0.4 is 4.72 Å². The maximum Gasteiger partial charge on any atom is 0.243 e. The van der Waals surface area contributed by atoms with Crippen molar-refractivity contribution in [3.05, 3.63) is 41.8 Å². The lowest BCUT2D eigenvalue weighted by molar-refractivity contribution is 0.586. The summed E-state index contributed by atoms with van der Waals surface area (Å²) in [6.07, 6.45) is 1.41. The highest BCUT2D eigenvalue weighted by Gasteiger charge is 2.17. The molecule has 0 aliphatic carbocycles. The standard InChI is InChI=1S/C9H10N2O3S/c1-2-7-10-15(13,14)9-6-4-3-5-8(9)11-12/h2-6,10H,1,7H2. The summed E-state index contributed by atoms with van der Waals surface area (Å²) in [5, 5.41) is 2.65. The van der Waals surface area contributed by atoms with E-state index in [4.69, 9.17) is 0 Å². The first-order chi connectivity index (χ1) is 7.11. The number of sulfonamides is 1. The molecule has 0 atom stereocenters. The summed E-state index contributed by atoms with van der Waals surface area (Å²) < 4.78 is 25.5. The zero-order valence-electron chi connectivity index (χ0n) is 7.88. The monoisotopic (exact) mass is 226 g/mol. The Morgan fingerprint density at radius 1 is 1.40 bits per heavy atom. The molecule has 0 unspecified atom stereocenters. The van der Waals surface area contributed by atoms with Gasteiger partial charge in [0.05, 0.1) is 0 Å². The summed E-state index contributed by atoms with van der Waals surface area (Å²) in [5.41, 5.74) is -0.103. The number of hydrogen-bond acceptors (Lipinski definition) is 4. The van der Waals surface area contributed by atoms with Crippen LogP contribution in [0.15, 0.2) is 47.0 Å². The molecule has 1 aromatic carbocycles. The van der Waals surface area contributed by atoms with Crippen molar-refractivity contribution in [1.29, 1.82) is 0 Å². The number of hydrogen-bond donors (Lipinski definition) is 1. The van der Waals surface area contributed by atoms with Crippen molar-refractivity contribution in [2.75, 3.05) is 6.54 Å². The molecule has 0 aliphatic heterocycles. The van der Waals surface area contributed by atoms with Crippen molar-refractivity contribution in [1.82, 2.24) is 4.72 Å². The van der Waals surface area contributed by atoms with Gasteiger partial charge in [0.25, 0.3) is 0 Å². The normalized spacial score (nSPS) is 10.9. The molecule has 0 aliphatic rings. The maximum atomic E-state index is 11.6. The average molecular weight is 226 g/mol. The van der Waals surface area contributed by atoms with Crippen LogP contribution in [0.1, 0.15) is 0 Å². The van der Waals surface area contributed by atoms with E-state index in [0.29, 0.717) is 0 Å². The molecule has 0 radical (unpaired) electrons. The quantitative estimate of drug-likeness (QED) is 0.611. The fourth-order valence-corrected chi connectivity index (χ4v) is 2.14. The molecule has 1 rings (SSSR count). The van der Waals surface area contributed by atoms with Crippen LogP contribution in [-0.4, -0.2) is 15.0 Å². The Labute approximate surface area is 87.8 Å². The van der Waals surface area contributed by atoms with Crippen LogP contribution in [-0.2, 0) is 10.0 Å². The SMILES string of the molecule is C=CCNS(=O)(=O)c1ccccc1N=O. The van der Waals surface area contributed by atoms with Gasteiger partial charge in [-0.05, 0) is 17.3 Å². The minimum absolute atomic E-state index is 0.103. The lowest BCUT2D eigenvalue weighted by atomic mass is 10.3. The van der Waals surface area contributed by atoms with Gasteiger partial charge in [0.2, 0.25) is 10.0 Å². The molecular weight excluding hydrogens is 216 g/mol. The van der Waals surface area contributed by atoms with Gasteiger partial charge in [-0.1, -0.05) is 18.2 Å². The number of nitrogens with one attached hydrogen (secondary N) is 1. The summed E-state index contributed by atoms with van der Waals surface area (Å²) in [5.74, 6) is 0. The first-order valence-electron chi connectivity index (χ1n) is 4.15. The van der Waals surface area contributed by atoms with Crippen LogP contribution >= 0.6 is 0 Å². The minimum atomic E-state index is -3.68. The van der Waals surface area contributed by atoms with Crippen LogP contribution in [0.4, 0.5) is 5.69 Å². The first kappa shape index (κ1) is 11.5. The van der Waals surface area contributed by atoms with Gasteiger partial charge in [0, 0.05) is 6.54 Å². The summed E-state index contributed by atoms with van der Waals surface area (Å²) >= 11 is 0. The zero-order chi connectivity index (χ0) is 11.3. The van der Waals surface area contributed by atoms with E-state index in [9.17, 15) is 13.3 Å². The van der Waals surface area contributed by atoms with E-state index in [0.717, 1.165) is 0 Å². The van der Waals surface area contributed by atoms with Crippen molar-refractivity contribution < 1.29 is 8.42 Å². The molecule has 0 aromatic heterocycles. The summed E-state index contributed by atoms with van der Waals surface area (Å²) in [7, 11) is -3.68. The van der Waals surface area contributed by atoms with Crippen molar-refractivity contribution in [3.8, 4) is 0 Å². The second-order valence-corrected chi connectivity index (χ2v) is 4.43. The molecule has 0 amide bonds. The van der Waals surface area contributed by atoms with Gasteiger partial charge >= 0.3 is 0 Å². The maximum absolute atomic E-state index is 11.6. The molecule has 0 heterocycles. The summed E-state index contributed by atoms with van der Waals surface area (Å²) in [6.45, 7) is 3.49. The highest BCUT2D eigenvalue weighted by molar-refractivity contribution is 7.89. The van der Waals surface area contributed by atoms with Crippen molar-refractivity contribution in [2.24, 2.45) is 5.18 Å². The van der Waals surface area contributed by atoms with E-state index < -0.39 is 10.0 Å². The molecule has 0 fully saturated rings. The van der Waals surface area contributed by atoms with E-state index in [1.807, 2.05) is 0 Å². The largest absolute Gasteiger partial charge is 0.243 e. The Hall–Kier alpha value is -1.53. The molecule has 0 spiro atoms. The lowest BCUT2D eigenvalue weighted by Crippen LogP contribution is -2.23. The molecular formula is C9H10N2O3S. The number of nitroso groups, excluding NO2 is 1. The molecule has 5 nitrogen and oxygen atoms in total. The van der Waals surface area contributed by atoms with Crippen molar-refractivity contribution >= 4 is 15.7 Å². The lowest BCUT2D eigenvalue weighted by Gasteiger charge is -2.05. The van der Waals surface area contributed by atoms with E-state index in [2.05, 4.69) is 16.5 Å². The second-order valence-electron chi connectivity index (χ2n) is 2.70. The van der Waals surface area contributed by atoms with Crippen LogP contribution in [0.5, 0.6) is 0 Å². The minimum Gasteiger partial charge on any atom is -0.207 e. The predicted molar refractivity (Wildman–Crippen MR) is 57.3 cm³/mol. The Bertz CT molecular complexity index is 468. The van der Waals surface area contributed by atoms with E-state index in [-0.39, 0.29) is 17.1 Å². The molecule has 1 N–H and O–H groups in total. The third-order valence-corrected chi connectivity index (χ3v) is 3.14. The van der Waals surface area contributed by atoms with Crippen LogP contribution in [0.3, 0.4) is 0 Å². The first-order valence-corrected chi connectivity index (χ1v) is 5.63. The van der Waals surface area contributed by atoms with Gasteiger partial charge in [0.1, 0.15) is 10.6 Å². The molecule has 0 saturated heterocycles. The molecule has 15 heavy (non-hydrogen) atoms. The van der Waals surface area contributed by atoms with Gasteiger partial charge in [-0.15, -0.1) is 11.5 Å². The Kier molecular flexibility index (Phi) is 3.70. The van der Waals surface area contributed by atoms with E-state index in [1.165, 1.54) is 24.3 Å². The average Bonchev–Trinajstić information content (AvgIpc) is 2.26. The van der Waals surface area contributed by atoms with Crippen LogP contribution in [0.25, 0.3) is 0 Å². The third kappa shape index (κ3) is 2.71. The predicted octanol–water partition coefficient (Wildman–Crippen LogP) is 1.55.